The molecule has 0 aliphatic carbocycles. The first-order chi connectivity index (χ1) is 9.40. The molecule has 0 aliphatic rings. The molecule has 0 radical (unpaired) electrons. The topological polar surface area (TPSA) is 112 Å². The van der Waals surface area contributed by atoms with Gasteiger partial charge < -0.3 is 15.3 Å². The van der Waals surface area contributed by atoms with Gasteiger partial charge in [0, 0.05) is 6.42 Å². The Bertz CT molecular complexity index is 488. The van der Waals surface area contributed by atoms with Crippen LogP contribution in [0, 0.1) is 0 Å². The van der Waals surface area contributed by atoms with Crippen molar-refractivity contribution >= 4 is 17.9 Å². The predicted octanol–water partition coefficient (Wildman–Crippen LogP) is 2.27. The second-order valence-corrected chi connectivity index (χ2v) is 4.48. The highest BCUT2D eigenvalue weighted by Crippen LogP contribution is 2.14. The van der Waals surface area contributed by atoms with Gasteiger partial charge in [0.05, 0.1) is 11.1 Å². The molecule has 0 saturated carbocycles. The fraction of sp³-hybridized carbons (Fsp3) is 0.357. The van der Waals surface area contributed by atoms with Crippen LogP contribution in [0.5, 0.6) is 0 Å². The highest BCUT2D eigenvalue weighted by molar-refractivity contribution is 5.94. The maximum Gasteiger partial charge on any atom is 0.335 e. The Kier molecular flexibility index (Phi) is 5.71. The third-order valence-electron chi connectivity index (χ3n) is 2.84. The van der Waals surface area contributed by atoms with Crippen LogP contribution in [0.1, 0.15) is 52.0 Å². The molecule has 0 aromatic heterocycles. The lowest BCUT2D eigenvalue weighted by Gasteiger charge is -2.05. The Hall–Kier alpha value is -2.37. The quantitative estimate of drug-likeness (QED) is 0.630. The van der Waals surface area contributed by atoms with E-state index in [1.54, 1.807) is 0 Å². The van der Waals surface area contributed by atoms with Gasteiger partial charge >= 0.3 is 17.9 Å². The summed E-state index contributed by atoms with van der Waals surface area (Å²) in [5, 5.41) is 26.4. The van der Waals surface area contributed by atoms with Gasteiger partial charge in [-0.25, -0.2) is 9.59 Å². The lowest BCUT2D eigenvalue weighted by atomic mass is 10.0. The molecule has 6 nitrogen and oxygen atoms in total. The molecule has 0 saturated heterocycles. The van der Waals surface area contributed by atoms with E-state index in [2.05, 4.69) is 0 Å². The van der Waals surface area contributed by atoms with Crippen molar-refractivity contribution < 1.29 is 29.7 Å². The number of hydrogen-bond acceptors (Lipinski definition) is 3. The monoisotopic (exact) mass is 280 g/mol. The summed E-state index contributed by atoms with van der Waals surface area (Å²) in [6, 6.07) is 4.02. The Morgan fingerprint density at radius 1 is 0.800 bits per heavy atom. The van der Waals surface area contributed by atoms with Crippen LogP contribution in [-0.2, 0) is 11.2 Å². The number of aliphatic carboxylic acids is 1. The maximum absolute atomic E-state index is 10.9. The van der Waals surface area contributed by atoms with E-state index < -0.39 is 17.9 Å². The van der Waals surface area contributed by atoms with Crippen LogP contribution >= 0.6 is 0 Å². The summed E-state index contributed by atoms with van der Waals surface area (Å²) in [6.45, 7) is 0. The molecule has 0 heterocycles. The van der Waals surface area contributed by atoms with Crippen molar-refractivity contribution in [3.8, 4) is 0 Å². The molecular weight excluding hydrogens is 264 g/mol. The number of carboxylic acids is 3. The number of aryl methyl sites for hydroxylation is 1. The summed E-state index contributed by atoms with van der Waals surface area (Å²) in [7, 11) is 0. The zero-order valence-corrected chi connectivity index (χ0v) is 10.8. The summed E-state index contributed by atoms with van der Waals surface area (Å²) in [4.78, 5) is 32.2. The van der Waals surface area contributed by atoms with Gasteiger partial charge in [0.25, 0.3) is 0 Å². The minimum absolute atomic E-state index is 0.0505. The van der Waals surface area contributed by atoms with Crippen molar-refractivity contribution in [2.45, 2.75) is 32.1 Å². The van der Waals surface area contributed by atoms with Crippen LogP contribution < -0.4 is 0 Å². The van der Waals surface area contributed by atoms with Gasteiger partial charge in [0.2, 0.25) is 0 Å². The molecule has 0 spiro atoms. The molecule has 20 heavy (non-hydrogen) atoms. The largest absolute Gasteiger partial charge is 0.481 e. The number of carboxylic acid groups (broad SMARTS) is 3. The number of rotatable bonds is 8. The minimum Gasteiger partial charge on any atom is -0.481 e. The van der Waals surface area contributed by atoms with E-state index in [0.717, 1.165) is 6.07 Å². The average Bonchev–Trinajstić information content (AvgIpc) is 2.37. The summed E-state index contributed by atoms with van der Waals surface area (Å²) < 4.78 is 0. The number of benzene rings is 1. The first-order valence-corrected chi connectivity index (χ1v) is 6.22. The van der Waals surface area contributed by atoms with Gasteiger partial charge in [-0.2, -0.15) is 0 Å². The maximum atomic E-state index is 10.9. The van der Waals surface area contributed by atoms with Crippen LogP contribution in [-0.4, -0.2) is 33.2 Å². The van der Waals surface area contributed by atoms with Crippen LogP contribution in [0.4, 0.5) is 0 Å². The van der Waals surface area contributed by atoms with Crippen molar-refractivity contribution in [1.82, 2.24) is 0 Å². The average molecular weight is 280 g/mol. The van der Waals surface area contributed by atoms with E-state index in [4.69, 9.17) is 15.3 Å². The smallest absolute Gasteiger partial charge is 0.335 e. The molecule has 0 fully saturated rings. The van der Waals surface area contributed by atoms with Gasteiger partial charge in [0.1, 0.15) is 0 Å². The molecule has 0 bridgehead atoms. The summed E-state index contributed by atoms with van der Waals surface area (Å²) >= 11 is 0. The van der Waals surface area contributed by atoms with E-state index in [0.29, 0.717) is 31.2 Å². The van der Waals surface area contributed by atoms with Crippen molar-refractivity contribution in [1.29, 1.82) is 0 Å². The summed E-state index contributed by atoms with van der Waals surface area (Å²) in [5.41, 5.74) is 0.536. The Morgan fingerprint density at radius 2 is 1.35 bits per heavy atom. The normalized spacial score (nSPS) is 10.2. The van der Waals surface area contributed by atoms with Gasteiger partial charge in [-0.15, -0.1) is 0 Å². The van der Waals surface area contributed by atoms with Gasteiger partial charge in [-0.3, -0.25) is 4.79 Å². The zero-order valence-electron chi connectivity index (χ0n) is 10.8. The fourth-order valence-electron chi connectivity index (χ4n) is 1.87. The number of hydrogen-bond donors (Lipinski definition) is 3. The molecule has 1 rings (SSSR count). The Balaban J connectivity index is 2.67. The molecule has 1 aromatic rings. The Labute approximate surface area is 115 Å². The van der Waals surface area contributed by atoms with Crippen molar-refractivity contribution in [2.24, 2.45) is 0 Å². The van der Waals surface area contributed by atoms with Gasteiger partial charge in [-0.05, 0) is 43.0 Å². The van der Waals surface area contributed by atoms with Crippen LogP contribution in [0.2, 0.25) is 0 Å². The SMILES string of the molecule is O=C(O)CCCCCc1cc(C(=O)O)cc(C(=O)O)c1. The highest BCUT2D eigenvalue weighted by atomic mass is 16.4. The molecule has 0 unspecified atom stereocenters. The van der Waals surface area contributed by atoms with Gasteiger partial charge in [-0.1, -0.05) is 6.42 Å². The molecule has 6 heteroatoms. The standard InChI is InChI=1S/C14H16O6/c15-12(16)5-3-1-2-4-9-6-10(13(17)18)8-11(7-9)14(19)20/h6-8H,1-5H2,(H,15,16)(H,17,18)(H,19,20). The predicted molar refractivity (Wildman–Crippen MR) is 70.2 cm³/mol. The van der Waals surface area contributed by atoms with E-state index in [-0.39, 0.29) is 17.5 Å². The number of aromatic carboxylic acids is 2. The molecule has 0 atom stereocenters. The second kappa shape index (κ2) is 7.28. The number of unbranched alkanes of at least 4 members (excludes halogenated alkanes) is 2. The van der Waals surface area contributed by atoms with E-state index in [1.807, 2.05) is 0 Å². The third kappa shape index (κ3) is 5.09. The molecule has 0 amide bonds. The van der Waals surface area contributed by atoms with E-state index >= 15 is 0 Å². The summed E-state index contributed by atoms with van der Waals surface area (Å²) in [5.74, 6) is -3.17. The molecule has 108 valence electrons. The second-order valence-electron chi connectivity index (χ2n) is 4.48. The van der Waals surface area contributed by atoms with Crippen molar-refractivity contribution in [2.75, 3.05) is 0 Å². The van der Waals surface area contributed by atoms with Crippen LogP contribution in [0.3, 0.4) is 0 Å². The van der Waals surface area contributed by atoms with Crippen LogP contribution in [0.25, 0.3) is 0 Å². The van der Waals surface area contributed by atoms with E-state index in [1.165, 1.54) is 12.1 Å². The van der Waals surface area contributed by atoms with E-state index in [9.17, 15) is 14.4 Å². The Morgan fingerprint density at radius 3 is 1.80 bits per heavy atom. The number of carbonyl (C=O) groups is 3. The first kappa shape index (κ1) is 15.7. The lowest BCUT2D eigenvalue weighted by Crippen LogP contribution is -2.04. The lowest BCUT2D eigenvalue weighted by molar-refractivity contribution is -0.137. The van der Waals surface area contributed by atoms with Crippen LogP contribution in [0.15, 0.2) is 18.2 Å². The third-order valence-corrected chi connectivity index (χ3v) is 2.84. The minimum atomic E-state index is -1.17. The molecule has 0 aliphatic heterocycles. The van der Waals surface area contributed by atoms with Crippen molar-refractivity contribution in [3.63, 3.8) is 0 Å². The molecule has 1 aromatic carbocycles. The zero-order chi connectivity index (χ0) is 15.1. The first-order valence-electron chi connectivity index (χ1n) is 6.22. The molecular formula is C14H16O6. The molecule has 3 N–H and O–H groups in total. The highest BCUT2D eigenvalue weighted by Gasteiger charge is 2.11. The van der Waals surface area contributed by atoms with Crippen molar-refractivity contribution in [3.05, 3.63) is 34.9 Å². The van der Waals surface area contributed by atoms with Gasteiger partial charge in [0.15, 0.2) is 0 Å². The fourth-order valence-corrected chi connectivity index (χ4v) is 1.87. The summed E-state index contributed by atoms with van der Waals surface area (Å²) in [6.07, 6.45) is 2.58.